The lowest BCUT2D eigenvalue weighted by Gasteiger charge is -2.25. The molecule has 1 N–H and O–H groups in total. The van der Waals surface area contributed by atoms with Crippen molar-refractivity contribution in [1.82, 2.24) is 4.57 Å². The minimum atomic E-state index is -0.726. The molecule has 23 heavy (non-hydrogen) atoms. The third kappa shape index (κ3) is 3.36. The molecule has 0 unspecified atom stereocenters. The van der Waals surface area contributed by atoms with Crippen molar-refractivity contribution in [3.05, 3.63) is 52.9 Å². The van der Waals surface area contributed by atoms with Crippen molar-refractivity contribution in [3.8, 4) is 11.5 Å². The minimum Gasteiger partial charge on any atom is -0.485 e. The van der Waals surface area contributed by atoms with Gasteiger partial charge in [-0.2, -0.15) is 0 Å². The summed E-state index contributed by atoms with van der Waals surface area (Å²) in [6.07, 6.45) is 1.76. The Morgan fingerprint density at radius 1 is 1.26 bits per heavy atom. The number of pyridine rings is 1. The molecule has 1 aromatic heterocycles. The van der Waals surface area contributed by atoms with Crippen molar-refractivity contribution in [2.45, 2.75) is 26.0 Å². The highest BCUT2D eigenvalue weighted by Gasteiger charge is 2.27. The van der Waals surface area contributed by atoms with Crippen molar-refractivity contribution >= 4 is 11.6 Å². The van der Waals surface area contributed by atoms with Crippen molar-refractivity contribution in [3.63, 3.8) is 0 Å². The van der Waals surface area contributed by atoms with Gasteiger partial charge in [-0.05, 0) is 24.6 Å². The van der Waals surface area contributed by atoms with Gasteiger partial charge in [-0.3, -0.25) is 9.59 Å². The SMILES string of the molecule is CCCn1cc(NC(=O)[C@@H]2COc3ccccc3O2)ccc1=O. The monoisotopic (exact) mass is 314 g/mol. The van der Waals surface area contributed by atoms with Crippen molar-refractivity contribution in [2.24, 2.45) is 0 Å². The Balaban J connectivity index is 1.70. The van der Waals surface area contributed by atoms with Crippen LogP contribution in [0.5, 0.6) is 11.5 Å². The predicted molar refractivity (Wildman–Crippen MR) is 86.0 cm³/mol. The normalized spacial score (nSPS) is 16.0. The lowest BCUT2D eigenvalue weighted by Crippen LogP contribution is -2.40. The van der Waals surface area contributed by atoms with Crippen molar-refractivity contribution in [1.29, 1.82) is 0 Å². The number of para-hydroxylation sites is 2. The van der Waals surface area contributed by atoms with E-state index in [1.54, 1.807) is 29.0 Å². The topological polar surface area (TPSA) is 69.6 Å². The summed E-state index contributed by atoms with van der Waals surface area (Å²) in [4.78, 5) is 24.0. The van der Waals surface area contributed by atoms with E-state index < -0.39 is 6.10 Å². The second kappa shape index (κ2) is 6.56. The number of carbonyl (C=O) groups is 1. The van der Waals surface area contributed by atoms with Crippen LogP contribution in [0.25, 0.3) is 0 Å². The molecule has 6 heteroatoms. The highest BCUT2D eigenvalue weighted by atomic mass is 16.6. The molecule has 6 nitrogen and oxygen atoms in total. The van der Waals surface area contributed by atoms with Gasteiger partial charge < -0.3 is 19.4 Å². The molecular formula is C17H18N2O4. The number of amides is 1. The number of nitrogens with zero attached hydrogens (tertiary/aromatic N) is 1. The summed E-state index contributed by atoms with van der Waals surface area (Å²) in [5.74, 6) is 0.879. The highest BCUT2D eigenvalue weighted by Crippen LogP contribution is 2.31. The second-order valence-corrected chi connectivity index (χ2v) is 5.30. The number of aryl methyl sites for hydroxylation is 1. The zero-order valence-corrected chi connectivity index (χ0v) is 12.8. The van der Waals surface area contributed by atoms with Gasteiger partial charge in [0.2, 0.25) is 6.10 Å². The maximum atomic E-state index is 12.3. The summed E-state index contributed by atoms with van der Waals surface area (Å²) >= 11 is 0. The molecule has 1 atom stereocenters. The lowest BCUT2D eigenvalue weighted by molar-refractivity contribution is -0.125. The summed E-state index contributed by atoms with van der Waals surface area (Å²) in [6, 6.07) is 10.3. The number of ether oxygens (including phenoxy) is 2. The number of fused-ring (bicyclic) bond motifs is 1. The van der Waals surface area contributed by atoms with Crippen LogP contribution in [-0.2, 0) is 11.3 Å². The van der Waals surface area contributed by atoms with E-state index in [1.165, 1.54) is 6.07 Å². The molecule has 2 aromatic rings. The summed E-state index contributed by atoms with van der Waals surface area (Å²) in [5.41, 5.74) is 0.474. The standard InChI is InChI=1S/C17H18N2O4/c1-2-9-19-10-12(7-8-16(19)20)18-17(21)15-11-22-13-5-3-4-6-14(13)23-15/h3-8,10,15H,2,9,11H2,1H3,(H,18,21)/t15-/m0/s1. The molecule has 0 aliphatic carbocycles. The molecule has 0 saturated heterocycles. The van der Waals surface area contributed by atoms with E-state index in [0.29, 0.717) is 23.7 Å². The van der Waals surface area contributed by atoms with Gasteiger partial charge in [0.25, 0.3) is 11.5 Å². The first-order valence-electron chi connectivity index (χ1n) is 7.57. The van der Waals surface area contributed by atoms with E-state index in [2.05, 4.69) is 5.32 Å². The van der Waals surface area contributed by atoms with Crippen LogP contribution in [0.15, 0.2) is 47.4 Å². The molecule has 1 amide bonds. The fourth-order valence-electron chi connectivity index (χ4n) is 2.39. The molecule has 0 radical (unpaired) electrons. The van der Waals surface area contributed by atoms with E-state index in [-0.39, 0.29) is 18.1 Å². The molecule has 0 spiro atoms. The fraction of sp³-hybridized carbons (Fsp3) is 0.294. The number of benzene rings is 1. The van der Waals surface area contributed by atoms with E-state index >= 15 is 0 Å². The number of hydrogen-bond acceptors (Lipinski definition) is 4. The van der Waals surface area contributed by atoms with Crippen LogP contribution in [0.3, 0.4) is 0 Å². The van der Waals surface area contributed by atoms with E-state index in [1.807, 2.05) is 19.1 Å². The van der Waals surface area contributed by atoms with Crippen molar-refractivity contribution in [2.75, 3.05) is 11.9 Å². The van der Waals surface area contributed by atoms with Gasteiger partial charge in [-0.15, -0.1) is 0 Å². The quantitative estimate of drug-likeness (QED) is 0.937. The summed E-state index contributed by atoms with van der Waals surface area (Å²) in [6.45, 7) is 2.75. The van der Waals surface area contributed by atoms with Gasteiger partial charge in [0.05, 0.1) is 5.69 Å². The molecule has 1 aromatic carbocycles. The first kappa shape index (κ1) is 15.1. The molecule has 1 aliphatic heterocycles. The number of hydrogen-bond donors (Lipinski definition) is 1. The van der Waals surface area contributed by atoms with Gasteiger partial charge in [-0.1, -0.05) is 19.1 Å². The molecule has 2 heterocycles. The average Bonchev–Trinajstić information content (AvgIpc) is 2.57. The molecule has 0 bridgehead atoms. The third-order valence-electron chi connectivity index (χ3n) is 3.52. The summed E-state index contributed by atoms with van der Waals surface area (Å²) in [5, 5.41) is 2.76. The molecular weight excluding hydrogens is 296 g/mol. The van der Waals surface area contributed by atoms with E-state index in [0.717, 1.165) is 6.42 Å². The van der Waals surface area contributed by atoms with Gasteiger partial charge in [-0.25, -0.2) is 0 Å². The number of anilines is 1. The average molecular weight is 314 g/mol. The van der Waals surface area contributed by atoms with Gasteiger partial charge in [0.15, 0.2) is 11.5 Å². The second-order valence-electron chi connectivity index (χ2n) is 5.30. The zero-order chi connectivity index (χ0) is 16.2. The molecule has 0 saturated carbocycles. The minimum absolute atomic E-state index is 0.0870. The summed E-state index contributed by atoms with van der Waals surface area (Å²) < 4.78 is 12.8. The highest BCUT2D eigenvalue weighted by molar-refractivity contribution is 5.94. The van der Waals surface area contributed by atoms with Crippen LogP contribution >= 0.6 is 0 Å². The Morgan fingerprint density at radius 3 is 2.83 bits per heavy atom. The van der Waals surface area contributed by atoms with Crippen LogP contribution in [0.1, 0.15) is 13.3 Å². The number of nitrogens with one attached hydrogen (secondary N) is 1. The first-order valence-corrected chi connectivity index (χ1v) is 7.57. The van der Waals surface area contributed by atoms with Crippen LogP contribution in [-0.4, -0.2) is 23.2 Å². The zero-order valence-electron chi connectivity index (χ0n) is 12.8. The molecule has 1 aliphatic rings. The Kier molecular flexibility index (Phi) is 4.32. The van der Waals surface area contributed by atoms with Crippen LogP contribution < -0.4 is 20.3 Å². The lowest BCUT2D eigenvalue weighted by atomic mass is 10.2. The number of carbonyl (C=O) groups excluding carboxylic acids is 1. The number of rotatable bonds is 4. The van der Waals surface area contributed by atoms with Crippen LogP contribution in [0.2, 0.25) is 0 Å². The Morgan fingerprint density at radius 2 is 2.04 bits per heavy atom. The maximum absolute atomic E-state index is 12.3. The van der Waals surface area contributed by atoms with Gasteiger partial charge >= 0.3 is 0 Å². The first-order chi connectivity index (χ1) is 11.2. The largest absolute Gasteiger partial charge is 0.485 e. The fourth-order valence-corrected chi connectivity index (χ4v) is 2.39. The maximum Gasteiger partial charge on any atom is 0.269 e. The molecule has 0 fully saturated rings. The third-order valence-corrected chi connectivity index (χ3v) is 3.52. The van der Waals surface area contributed by atoms with E-state index in [9.17, 15) is 9.59 Å². The smallest absolute Gasteiger partial charge is 0.269 e. The Bertz CT molecular complexity index is 769. The Labute approximate surface area is 133 Å². The van der Waals surface area contributed by atoms with Gasteiger partial charge in [0.1, 0.15) is 6.61 Å². The van der Waals surface area contributed by atoms with Crippen LogP contribution in [0.4, 0.5) is 5.69 Å². The van der Waals surface area contributed by atoms with Crippen LogP contribution in [0, 0.1) is 0 Å². The summed E-state index contributed by atoms with van der Waals surface area (Å²) in [7, 11) is 0. The Hall–Kier alpha value is -2.76. The molecule has 120 valence electrons. The van der Waals surface area contributed by atoms with Crippen molar-refractivity contribution < 1.29 is 14.3 Å². The van der Waals surface area contributed by atoms with E-state index in [4.69, 9.17) is 9.47 Å². The number of aromatic nitrogens is 1. The van der Waals surface area contributed by atoms with Gasteiger partial charge in [0, 0.05) is 18.8 Å². The predicted octanol–water partition coefficient (Wildman–Crippen LogP) is 2.04. The molecule has 3 rings (SSSR count).